The molecule has 3 aromatic rings. The van der Waals surface area contributed by atoms with Gasteiger partial charge in [-0.15, -0.1) is 0 Å². The third kappa shape index (κ3) is 8.50. The topological polar surface area (TPSA) is 105 Å². The molecule has 230 valence electrons. The van der Waals surface area contributed by atoms with E-state index in [0.717, 1.165) is 52.9 Å². The lowest BCUT2D eigenvalue weighted by Gasteiger charge is -2.34. The van der Waals surface area contributed by atoms with Gasteiger partial charge in [0.15, 0.2) is 11.5 Å². The lowest BCUT2D eigenvalue weighted by Crippen LogP contribution is -2.54. The molecule has 0 radical (unpaired) electrons. The summed E-state index contributed by atoms with van der Waals surface area (Å²) >= 11 is 0. The number of methoxy groups -OCH3 is 2. The first-order chi connectivity index (χ1) is 20.6. The smallest absolute Gasteiger partial charge is 0.244 e. The standard InChI is InChI=1S/C33H41N3O6S/c1-24-11-10-14-26(19-24)22-35(29(20-25-12-6-5-7-13-25)33(38)34-27-15-8-9-16-27)32(37)23-36(43(4,39)40)28-17-18-30(41-2)31(21-28)42-3/h5-7,10-14,17-19,21,27,29H,8-9,15-16,20,22-23H2,1-4H3,(H,34,38). The average Bonchev–Trinajstić information content (AvgIpc) is 3.50. The molecule has 10 heteroatoms. The minimum absolute atomic E-state index is 0.0565. The number of hydrogen-bond acceptors (Lipinski definition) is 6. The third-order valence-electron chi connectivity index (χ3n) is 7.74. The highest BCUT2D eigenvalue weighted by Gasteiger charge is 2.34. The van der Waals surface area contributed by atoms with Gasteiger partial charge in [0.25, 0.3) is 0 Å². The van der Waals surface area contributed by atoms with Crippen molar-refractivity contribution in [2.24, 2.45) is 0 Å². The first kappa shape index (κ1) is 31.9. The van der Waals surface area contributed by atoms with Crippen LogP contribution in [-0.2, 0) is 32.6 Å². The predicted octanol–water partition coefficient (Wildman–Crippen LogP) is 4.48. The maximum absolute atomic E-state index is 14.3. The van der Waals surface area contributed by atoms with E-state index >= 15 is 0 Å². The van der Waals surface area contributed by atoms with Gasteiger partial charge in [-0.1, -0.05) is 73.0 Å². The Morgan fingerprint density at radius 1 is 0.907 bits per heavy atom. The number of sulfonamides is 1. The SMILES string of the molecule is COc1ccc(N(CC(=O)N(Cc2cccc(C)c2)C(Cc2ccccc2)C(=O)NC2CCCC2)S(C)(=O)=O)cc1OC. The monoisotopic (exact) mass is 607 g/mol. The molecule has 0 spiro atoms. The van der Waals surface area contributed by atoms with Crippen molar-refractivity contribution in [2.75, 3.05) is 31.3 Å². The molecule has 0 aromatic heterocycles. The zero-order chi connectivity index (χ0) is 31.0. The molecule has 1 N–H and O–H groups in total. The van der Waals surface area contributed by atoms with Gasteiger partial charge in [0.05, 0.1) is 26.2 Å². The van der Waals surface area contributed by atoms with Gasteiger partial charge in [-0.05, 0) is 43.0 Å². The van der Waals surface area contributed by atoms with Gasteiger partial charge < -0.3 is 19.7 Å². The number of benzene rings is 3. The van der Waals surface area contributed by atoms with Crippen LogP contribution in [0.25, 0.3) is 0 Å². The maximum Gasteiger partial charge on any atom is 0.244 e. The molecule has 0 heterocycles. The molecular formula is C33H41N3O6S. The van der Waals surface area contributed by atoms with E-state index in [1.165, 1.54) is 25.2 Å². The van der Waals surface area contributed by atoms with Crippen molar-refractivity contribution in [3.05, 3.63) is 89.5 Å². The van der Waals surface area contributed by atoms with Crippen LogP contribution in [0.4, 0.5) is 5.69 Å². The fourth-order valence-electron chi connectivity index (χ4n) is 5.52. The summed E-state index contributed by atoms with van der Waals surface area (Å²) in [5, 5.41) is 3.18. The Labute approximate surface area is 254 Å². The highest BCUT2D eigenvalue weighted by Crippen LogP contribution is 2.32. The van der Waals surface area contributed by atoms with Gasteiger partial charge in [0.1, 0.15) is 12.6 Å². The number of nitrogens with zero attached hydrogens (tertiary/aromatic N) is 2. The van der Waals surface area contributed by atoms with Crippen molar-refractivity contribution < 1.29 is 27.5 Å². The molecule has 0 bridgehead atoms. The zero-order valence-electron chi connectivity index (χ0n) is 25.3. The quantitative estimate of drug-likeness (QED) is 0.307. The van der Waals surface area contributed by atoms with Crippen molar-refractivity contribution in [3.63, 3.8) is 0 Å². The van der Waals surface area contributed by atoms with E-state index in [0.29, 0.717) is 11.5 Å². The Balaban J connectivity index is 1.74. The number of ether oxygens (including phenoxy) is 2. The molecule has 9 nitrogen and oxygen atoms in total. The molecule has 1 saturated carbocycles. The molecule has 1 unspecified atom stereocenters. The first-order valence-electron chi connectivity index (χ1n) is 14.5. The molecule has 2 amide bonds. The Bertz CT molecular complexity index is 1510. The fourth-order valence-corrected chi connectivity index (χ4v) is 6.36. The summed E-state index contributed by atoms with van der Waals surface area (Å²) in [6.07, 6.45) is 5.24. The van der Waals surface area contributed by atoms with Gasteiger partial charge in [-0.2, -0.15) is 0 Å². The van der Waals surface area contributed by atoms with Gasteiger partial charge >= 0.3 is 0 Å². The molecular weight excluding hydrogens is 566 g/mol. The Morgan fingerprint density at radius 2 is 1.58 bits per heavy atom. The molecule has 1 atom stereocenters. The van der Waals surface area contributed by atoms with Gasteiger partial charge in [-0.3, -0.25) is 13.9 Å². The van der Waals surface area contributed by atoms with Crippen LogP contribution in [0.2, 0.25) is 0 Å². The number of rotatable bonds is 13. The molecule has 43 heavy (non-hydrogen) atoms. The minimum Gasteiger partial charge on any atom is -0.493 e. The summed E-state index contributed by atoms with van der Waals surface area (Å²) in [7, 11) is -0.960. The van der Waals surface area contributed by atoms with Crippen LogP contribution in [0.5, 0.6) is 11.5 Å². The zero-order valence-corrected chi connectivity index (χ0v) is 26.1. The molecule has 1 fully saturated rings. The van der Waals surface area contributed by atoms with Crippen LogP contribution in [-0.4, -0.2) is 64.2 Å². The number of hydrogen-bond donors (Lipinski definition) is 1. The van der Waals surface area contributed by atoms with Crippen molar-refractivity contribution in [3.8, 4) is 11.5 Å². The second kappa shape index (κ2) is 14.4. The summed E-state index contributed by atoms with van der Waals surface area (Å²) in [6.45, 7) is 1.61. The van der Waals surface area contributed by atoms with Crippen LogP contribution in [0.1, 0.15) is 42.4 Å². The fraction of sp³-hybridized carbons (Fsp3) is 0.394. The Hall–Kier alpha value is -4.05. The van der Waals surface area contributed by atoms with Crippen molar-refractivity contribution >= 4 is 27.5 Å². The molecule has 4 rings (SSSR count). The molecule has 3 aromatic carbocycles. The van der Waals surface area contributed by atoms with E-state index in [4.69, 9.17) is 9.47 Å². The predicted molar refractivity (Wildman–Crippen MR) is 168 cm³/mol. The molecule has 1 aliphatic carbocycles. The lowest BCUT2D eigenvalue weighted by molar-refractivity contribution is -0.140. The Morgan fingerprint density at radius 3 is 2.21 bits per heavy atom. The second-order valence-corrected chi connectivity index (χ2v) is 12.9. The average molecular weight is 608 g/mol. The van der Waals surface area contributed by atoms with E-state index in [9.17, 15) is 18.0 Å². The second-order valence-electron chi connectivity index (χ2n) is 11.0. The molecule has 0 saturated heterocycles. The number of amides is 2. The van der Waals surface area contributed by atoms with Gasteiger partial charge in [0.2, 0.25) is 21.8 Å². The largest absolute Gasteiger partial charge is 0.493 e. The van der Waals surface area contributed by atoms with Crippen molar-refractivity contribution in [1.82, 2.24) is 10.2 Å². The lowest BCUT2D eigenvalue weighted by atomic mass is 10.0. The summed E-state index contributed by atoms with van der Waals surface area (Å²) < 4.78 is 37.9. The van der Waals surface area contributed by atoms with E-state index in [1.54, 1.807) is 12.1 Å². The summed E-state index contributed by atoms with van der Waals surface area (Å²) in [5.74, 6) is 0.0206. The number of carbonyl (C=O) groups excluding carboxylic acids is 2. The molecule has 0 aliphatic heterocycles. The van der Waals surface area contributed by atoms with E-state index < -0.39 is 28.5 Å². The Kier molecular flexibility index (Phi) is 10.7. The number of anilines is 1. The van der Waals surface area contributed by atoms with Crippen molar-refractivity contribution in [1.29, 1.82) is 0 Å². The van der Waals surface area contributed by atoms with Crippen LogP contribution in [0, 0.1) is 6.92 Å². The van der Waals surface area contributed by atoms with E-state index in [1.807, 2.05) is 61.5 Å². The summed E-state index contributed by atoms with van der Waals surface area (Å²) in [6, 6.07) is 21.2. The third-order valence-corrected chi connectivity index (χ3v) is 8.88. The van der Waals surface area contributed by atoms with Gasteiger partial charge in [0, 0.05) is 25.1 Å². The number of nitrogens with one attached hydrogen (secondary N) is 1. The van der Waals surface area contributed by atoms with Crippen LogP contribution >= 0.6 is 0 Å². The van der Waals surface area contributed by atoms with Crippen LogP contribution in [0.3, 0.4) is 0 Å². The summed E-state index contributed by atoms with van der Waals surface area (Å²) in [5.41, 5.74) is 3.01. The normalized spacial score (nSPS) is 14.1. The first-order valence-corrected chi connectivity index (χ1v) is 16.3. The minimum atomic E-state index is -3.91. The van der Waals surface area contributed by atoms with E-state index in [2.05, 4.69) is 5.32 Å². The maximum atomic E-state index is 14.3. The van der Waals surface area contributed by atoms with Crippen LogP contribution < -0.4 is 19.1 Å². The highest BCUT2D eigenvalue weighted by molar-refractivity contribution is 7.92. The van der Waals surface area contributed by atoms with Crippen LogP contribution in [0.15, 0.2) is 72.8 Å². The summed E-state index contributed by atoms with van der Waals surface area (Å²) in [4.78, 5) is 29.8. The van der Waals surface area contributed by atoms with Crippen molar-refractivity contribution in [2.45, 2.75) is 57.7 Å². The van der Waals surface area contributed by atoms with Gasteiger partial charge in [-0.25, -0.2) is 8.42 Å². The number of aryl methyl sites for hydroxylation is 1. The van der Waals surface area contributed by atoms with E-state index in [-0.39, 0.29) is 30.6 Å². The molecule has 1 aliphatic rings. The highest BCUT2D eigenvalue weighted by atomic mass is 32.2. The number of carbonyl (C=O) groups is 2.